The Kier molecular flexibility index (Phi) is 7.93. The predicted molar refractivity (Wildman–Crippen MR) is 124 cm³/mol. The number of hydrogen-bond donors (Lipinski definition) is 3. The number of amides is 1. The number of alkyl halides is 5. The normalized spacial score (nSPS) is 18.3. The number of aromatic nitrogens is 3. The maximum absolute atomic E-state index is 13.5. The number of carbonyl (C=O) groups excluding carboxylic acids is 1. The predicted octanol–water partition coefficient (Wildman–Crippen LogP) is 6.64. The Balaban J connectivity index is 1.58. The third-order valence-electron chi connectivity index (χ3n) is 5.80. The van der Waals surface area contributed by atoms with Gasteiger partial charge in [-0.3, -0.25) is 4.79 Å². The van der Waals surface area contributed by atoms with E-state index in [2.05, 4.69) is 25.6 Å². The molecule has 1 saturated carbocycles. The van der Waals surface area contributed by atoms with E-state index >= 15 is 0 Å². The molecule has 1 aliphatic rings. The molecule has 2 heterocycles. The van der Waals surface area contributed by atoms with Crippen LogP contribution in [0.4, 0.5) is 38.0 Å². The molecule has 4 rings (SSSR count). The van der Waals surface area contributed by atoms with Gasteiger partial charge < -0.3 is 20.4 Å². The lowest BCUT2D eigenvalue weighted by atomic mass is 9.85. The number of H-pyrrole nitrogens is 1. The minimum Gasteiger partial charge on any atom is -0.471 e. The number of nitrogens with zero attached hydrogens (tertiary/aromatic N) is 2. The fraction of sp³-hybridized carbons (Fsp3) is 0.409. The summed E-state index contributed by atoms with van der Waals surface area (Å²) in [4.78, 5) is 24.0. The fourth-order valence-electron chi connectivity index (χ4n) is 4.01. The average Bonchev–Trinajstić information content (AvgIpc) is 3.20. The van der Waals surface area contributed by atoms with Gasteiger partial charge >= 0.3 is 6.18 Å². The fourth-order valence-corrected chi connectivity index (χ4v) is 4.56. The molecular formula is C22H19Cl2F6N5O2. The van der Waals surface area contributed by atoms with Gasteiger partial charge in [-0.1, -0.05) is 23.2 Å². The summed E-state index contributed by atoms with van der Waals surface area (Å²) >= 11 is 12.0. The Bertz CT molecular complexity index is 1270. The van der Waals surface area contributed by atoms with Crippen LogP contribution in [-0.4, -0.2) is 46.1 Å². The molecule has 15 heteroatoms. The van der Waals surface area contributed by atoms with E-state index in [-0.39, 0.29) is 64.1 Å². The van der Waals surface area contributed by atoms with Crippen molar-refractivity contribution in [1.82, 2.24) is 20.3 Å². The highest BCUT2D eigenvalue weighted by Gasteiger charge is 2.41. The number of imidazole rings is 1. The van der Waals surface area contributed by atoms with Gasteiger partial charge in [-0.05, 0) is 43.9 Å². The second-order valence-electron chi connectivity index (χ2n) is 8.43. The minimum atomic E-state index is -4.30. The summed E-state index contributed by atoms with van der Waals surface area (Å²) in [5.74, 6) is -3.21. The average molecular weight is 570 g/mol. The van der Waals surface area contributed by atoms with Crippen LogP contribution in [0.25, 0.3) is 11.2 Å². The number of anilines is 2. The minimum absolute atomic E-state index is 0.0420. The first kappa shape index (κ1) is 27.1. The molecule has 0 aliphatic heterocycles. The van der Waals surface area contributed by atoms with Crippen LogP contribution in [0, 0.1) is 11.7 Å². The van der Waals surface area contributed by atoms with Crippen LogP contribution in [-0.2, 0) is 0 Å². The molecule has 1 fully saturated rings. The number of aromatic amines is 1. The van der Waals surface area contributed by atoms with E-state index in [1.807, 2.05) is 0 Å². The van der Waals surface area contributed by atoms with Gasteiger partial charge in [0.1, 0.15) is 16.9 Å². The molecule has 0 radical (unpaired) electrons. The zero-order valence-corrected chi connectivity index (χ0v) is 20.2. The highest BCUT2D eigenvalue weighted by molar-refractivity contribution is 6.39. The third kappa shape index (κ3) is 6.50. The Labute approximate surface area is 215 Å². The van der Waals surface area contributed by atoms with Gasteiger partial charge in [-0.15, -0.1) is 0 Å². The summed E-state index contributed by atoms with van der Waals surface area (Å²) in [6.45, 7) is -1.05. The van der Waals surface area contributed by atoms with E-state index in [4.69, 9.17) is 27.9 Å². The molecule has 0 unspecified atom stereocenters. The highest BCUT2D eigenvalue weighted by atomic mass is 35.5. The van der Waals surface area contributed by atoms with Gasteiger partial charge in [-0.25, -0.2) is 18.2 Å². The van der Waals surface area contributed by atoms with Crippen LogP contribution in [0.5, 0.6) is 5.88 Å². The van der Waals surface area contributed by atoms with Gasteiger partial charge in [0, 0.05) is 6.04 Å². The SMILES string of the molecule is O=C(N[C@H]1CC[C@H](C(F)(F)F)CC1)c1cc2nc(Nc3c(Cl)cc(F)cc3Cl)[nH]c2nc1OCC(F)F. The molecule has 37 heavy (non-hydrogen) atoms. The smallest absolute Gasteiger partial charge is 0.391 e. The summed E-state index contributed by atoms with van der Waals surface area (Å²) in [5.41, 5.74) is 0.0999. The Hall–Kier alpha value is -2.93. The summed E-state index contributed by atoms with van der Waals surface area (Å²) < 4.78 is 82.9. The van der Waals surface area contributed by atoms with Crippen molar-refractivity contribution in [1.29, 1.82) is 0 Å². The largest absolute Gasteiger partial charge is 0.471 e. The molecule has 0 atom stereocenters. The highest BCUT2D eigenvalue weighted by Crippen LogP contribution is 2.38. The molecular weight excluding hydrogens is 551 g/mol. The molecule has 7 nitrogen and oxygen atoms in total. The van der Waals surface area contributed by atoms with Gasteiger partial charge in [0.2, 0.25) is 11.8 Å². The molecule has 0 saturated heterocycles. The molecule has 1 aromatic carbocycles. The Morgan fingerprint density at radius 3 is 2.35 bits per heavy atom. The topological polar surface area (TPSA) is 91.9 Å². The summed E-state index contributed by atoms with van der Waals surface area (Å²) in [5, 5.41) is 5.31. The molecule has 1 amide bonds. The van der Waals surface area contributed by atoms with Crippen molar-refractivity contribution in [2.45, 2.75) is 44.3 Å². The first-order valence-electron chi connectivity index (χ1n) is 11.0. The first-order chi connectivity index (χ1) is 17.4. The number of nitrogens with one attached hydrogen (secondary N) is 3. The molecule has 0 bridgehead atoms. The monoisotopic (exact) mass is 569 g/mol. The molecule has 3 N–H and O–H groups in total. The zero-order chi connectivity index (χ0) is 26.9. The molecule has 1 aliphatic carbocycles. The number of fused-ring (bicyclic) bond motifs is 1. The summed E-state index contributed by atoms with van der Waals surface area (Å²) in [7, 11) is 0. The maximum Gasteiger partial charge on any atom is 0.391 e. The number of hydrogen-bond acceptors (Lipinski definition) is 5. The second-order valence-corrected chi connectivity index (χ2v) is 9.24. The summed E-state index contributed by atoms with van der Waals surface area (Å²) in [6.07, 6.45) is -7.21. The molecule has 2 aromatic heterocycles. The van der Waals surface area contributed by atoms with Crippen molar-refractivity contribution in [3.05, 3.63) is 39.6 Å². The van der Waals surface area contributed by atoms with Gasteiger partial charge in [-0.2, -0.15) is 18.2 Å². The van der Waals surface area contributed by atoms with E-state index in [0.717, 1.165) is 12.1 Å². The lowest BCUT2D eigenvalue weighted by molar-refractivity contribution is -0.182. The Morgan fingerprint density at radius 2 is 1.76 bits per heavy atom. The van der Waals surface area contributed by atoms with Crippen molar-refractivity contribution in [2.24, 2.45) is 5.92 Å². The number of rotatable bonds is 7. The van der Waals surface area contributed by atoms with Crippen molar-refractivity contribution >= 4 is 51.9 Å². The first-order valence-corrected chi connectivity index (χ1v) is 11.8. The van der Waals surface area contributed by atoms with Crippen molar-refractivity contribution in [3.8, 4) is 5.88 Å². The van der Waals surface area contributed by atoms with Crippen LogP contribution < -0.4 is 15.4 Å². The third-order valence-corrected chi connectivity index (χ3v) is 6.40. The number of halogens is 8. The van der Waals surface area contributed by atoms with Crippen LogP contribution in [0.15, 0.2) is 18.2 Å². The zero-order valence-electron chi connectivity index (χ0n) is 18.7. The van der Waals surface area contributed by atoms with Crippen LogP contribution in [0.2, 0.25) is 10.0 Å². The summed E-state index contributed by atoms with van der Waals surface area (Å²) in [6, 6.07) is 2.76. The molecule has 200 valence electrons. The maximum atomic E-state index is 13.5. The van der Waals surface area contributed by atoms with E-state index in [9.17, 15) is 31.1 Å². The molecule has 0 spiro atoms. The lowest BCUT2D eigenvalue weighted by Gasteiger charge is -2.30. The van der Waals surface area contributed by atoms with Gasteiger partial charge in [0.05, 0.1) is 21.7 Å². The van der Waals surface area contributed by atoms with E-state index in [0.29, 0.717) is 0 Å². The second kappa shape index (κ2) is 10.8. The molecule has 3 aromatic rings. The standard InChI is InChI=1S/C22H19Cl2F6N5O2/c23-13-5-10(25)6-14(24)17(13)33-21-32-15-7-12(20(34-18(15)35-21)37-8-16(26)27)19(36)31-11-3-1-9(2-4-11)22(28,29)30/h5-7,9,11,16H,1-4,8H2,(H,31,36)(H2,32,33,34,35)/t9-,11-. The number of ether oxygens (including phenoxy) is 1. The Morgan fingerprint density at radius 1 is 1.11 bits per heavy atom. The van der Waals surface area contributed by atoms with Crippen LogP contribution in [0.3, 0.4) is 0 Å². The van der Waals surface area contributed by atoms with Gasteiger partial charge in [0.25, 0.3) is 12.3 Å². The van der Waals surface area contributed by atoms with Crippen LogP contribution >= 0.6 is 23.2 Å². The van der Waals surface area contributed by atoms with E-state index in [1.54, 1.807) is 0 Å². The van der Waals surface area contributed by atoms with Gasteiger partial charge in [0.15, 0.2) is 12.3 Å². The van der Waals surface area contributed by atoms with Crippen molar-refractivity contribution in [2.75, 3.05) is 11.9 Å². The van der Waals surface area contributed by atoms with Crippen molar-refractivity contribution < 1.29 is 35.9 Å². The number of benzene rings is 1. The van der Waals surface area contributed by atoms with Crippen LogP contribution in [0.1, 0.15) is 36.0 Å². The quantitative estimate of drug-likeness (QED) is 0.277. The number of carbonyl (C=O) groups is 1. The van der Waals surface area contributed by atoms with E-state index in [1.165, 1.54) is 6.07 Å². The van der Waals surface area contributed by atoms with Crippen molar-refractivity contribution in [3.63, 3.8) is 0 Å². The number of pyridine rings is 1. The van der Waals surface area contributed by atoms with E-state index < -0.39 is 48.8 Å². The lowest BCUT2D eigenvalue weighted by Crippen LogP contribution is -2.40.